The van der Waals surface area contributed by atoms with Crippen LogP contribution in [0.1, 0.15) is 66.4 Å². The first-order chi connectivity index (χ1) is 18.2. The first-order valence-corrected chi connectivity index (χ1v) is 13.8. The minimum atomic E-state index is -1.07. The van der Waals surface area contributed by atoms with Gasteiger partial charge in [0.15, 0.2) is 0 Å². The van der Waals surface area contributed by atoms with Crippen LogP contribution in [-0.4, -0.2) is 41.6 Å². The van der Waals surface area contributed by atoms with Crippen LogP contribution < -0.4 is 10.2 Å². The molecule has 2 heterocycles. The van der Waals surface area contributed by atoms with Gasteiger partial charge in [-0.2, -0.15) is 0 Å². The lowest BCUT2D eigenvalue weighted by Crippen LogP contribution is -2.37. The summed E-state index contributed by atoms with van der Waals surface area (Å²) in [5, 5.41) is 12.7. The van der Waals surface area contributed by atoms with Crippen LogP contribution in [0, 0.1) is 24.5 Å². The molecule has 2 aromatic carbocycles. The fourth-order valence-corrected chi connectivity index (χ4v) is 5.72. The summed E-state index contributed by atoms with van der Waals surface area (Å²) in [4.78, 5) is 32.1. The molecule has 0 aliphatic carbocycles. The monoisotopic (exact) mass is 587 g/mol. The zero-order valence-electron chi connectivity index (χ0n) is 21.6. The van der Waals surface area contributed by atoms with E-state index in [1.807, 2.05) is 25.1 Å². The van der Waals surface area contributed by atoms with Gasteiger partial charge in [0.2, 0.25) is 0 Å². The number of nitrogens with one attached hydrogen (secondary N) is 1. The van der Waals surface area contributed by atoms with Gasteiger partial charge in [-0.3, -0.25) is 9.59 Å². The summed E-state index contributed by atoms with van der Waals surface area (Å²) < 4.78 is 30.0. The quantitative estimate of drug-likeness (QED) is 0.295. The third kappa shape index (κ3) is 6.14. The molecule has 1 aromatic heterocycles. The van der Waals surface area contributed by atoms with Crippen LogP contribution in [0.5, 0.6) is 0 Å². The molecule has 4 rings (SSSR count). The number of rotatable bonds is 9. The molecule has 1 amide bonds. The Morgan fingerprint density at radius 1 is 1.24 bits per heavy atom. The highest BCUT2D eigenvalue weighted by atomic mass is 79.9. The van der Waals surface area contributed by atoms with Crippen LogP contribution in [-0.2, 0) is 4.79 Å². The molecule has 1 saturated heterocycles. The Labute approximate surface area is 229 Å². The molecule has 38 heavy (non-hydrogen) atoms. The van der Waals surface area contributed by atoms with E-state index in [1.54, 1.807) is 0 Å². The van der Waals surface area contributed by atoms with E-state index in [2.05, 4.69) is 33.1 Å². The minimum absolute atomic E-state index is 0.0213. The lowest BCUT2D eigenvalue weighted by Gasteiger charge is -2.34. The number of halogens is 3. The van der Waals surface area contributed by atoms with Gasteiger partial charge in [-0.1, -0.05) is 35.3 Å². The van der Waals surface area contributed by atoms with Crippen molar-refractivity contribution in [2.45, 2.75) is 51.9 Å². The predicted molar refractivity (Wildman–Crippen MR) is 148 cm³/mol. The molecule has 0 radical (unpaired) electrons. The van der Waals surface area contributed by atoms with Gasteiger partial charge in [-0.15, -0.1) is 0 Å². The number of benzene rings is 2. The maximum atomic E-state index is 14.6. The maximum absolute atomic E-state index is 14.6. The molecule has 6 nitrogen and oxygen atoms in total. The predicted octanol–water partition coefficient (Wildman–Crippen LogP) is 6.59. The van der Waals surface area contributed by atoms with Crippen molar-refractivity contribution in [3.8, 4) is 0 Å². The Kier molecular flexibility index (Phi) is 8.97. The lowest BCUT2D eigenvalue weighted by molar-refractivity contribution is -0.137. The average molecular weight is 588 g/mol. The average Bonchev–Trinajstić information content (AvgIpc) is 2.89. The Bertz CT molecular complexity index is 1330. The van der Waals surface area contributed by atoms with Gasteiger partial charge < -0.3 is 15.3 Å². The molecule has 2 N–H and O–H groups in total. The number of pyridine rings is 1. The van der Waals surface area contributed by atoms with Crippen molar-refractivity contribution in [1.29, 1.82) is 0 Å². The molecule has 1 aliphatic rings. The minimum Gasteiger partial charge on any atom is -0.481 e. The van der Waals surface area contributed by atoms with E-state index in [4.69, 9.17) is 4.98 Å². The Hall–Kier alpha value is -3.07. The van der Waals surface area contributed by atoms with Crippen LogP contribution in [0.2, 0.25) is 0 Å². The number of hydrogen-bond donors (Lipinski definition) is 2. The number of aliphatic carboxylic acids is 1. The normalized spacial score (nSPS) is 16.4. The van der Waals surface area contributed by atoms with Crippen LogP contribution in [0.4, 0.5) is 14.6 Å². The van der Waals surface area contributed by atoms with Gasteiger partial charge in [0.1, 0.15) is 17.5 Å². The van der Waals surface area contributed by atoms with Gasteiger partial charge in [0.05, 0.1) is 11.1 Å². The largest absolute Gasteiger partial charge is 0.481 e. The molecule has 2 unspecified atom stereocenters. The van der Waals surface area contributed by atoms with E-state index in [0.29, 0.717) is 22.4 Å². The van der Waals surface area contributed by atoms with E-state index in [1.165, 1.54) is 12.5 Å². The molecule has 0 saturated carbocycles. The zero-order valence-corrected chi connectivity index (χ0v) is 23.2. The van der Waals surface area contributed by atoms with Gasteiger partial charge in [0.25, 0.3) is 5.91 Å². The molecule has 0 spiro atoms. The summed E-state index contributed by atoms with van der Waals surface area (Å²) in [6.45, 7) is 5.68. The van der Waals surface area contributed by atoms with Crippen LogP contribution in [0.25, 0.3) is 10.9 Å². The van der Waals surface area contributed by atoms with Crippen molar-refractivity contribution in [1.82, 2.24) is 10.3 Å². The number of fused-ring (bicyclic) bond motifs is 1. The number of nitrogens with zero attached hydrogens (tertiary/aromatic N) is 2. The highest BCUT2D eigenvalue weighted by Gasteiger charge is 2.27. The van der Waals surface area contributed by atoms with Gasteiger partial charge >= 0.3 is 5.97 Å². The van der Waals surface area contributed by atoms with Crippen molar-refractivity contribution in [2.75, 3.05) is 24.5 Å². The summed E-state index contributed by atoms with van der Waals surface area (Å²) in [7, 11) is 0. The topological polar surface area (TPSA) is 82.5 Å². The molecule has 0 bridgehead atoms. The second-order valence-electron chi connectivity index (χ2n) is 9.93. The number of aromatic nitrogens is 1. The summed E-state index contributed by atoms with van der Waals surface area (Å²) in [5.41, 5.74) is 1.66. The van der Waals surface area contributed by atoms with Crippen molar-refractivity contribution in [3.05, 3.63) is 69.2 Å². The Morgan fingerprint density at radius 3 is 2.66 bits per heavy atom. The summed E-state index contributed by atoms with van der Waals surface area (Å²) in [5.74, 6) is -2.50. The molecule has 1 fully saturated rings. The Balaban J connectivity index is 1.69. The van der Waals surface area contributed by atoms with E-state index < -0.39 is 29.4 Å². The summed E-state index contributed by atoms with van der Waals surface area (Å²) >= 11 is 3.49. The third-order valence-electron chi connectivity index (χ3n) is 7.41. The van der Waals surface area contributed by atoms with Crippen molar-refractivity contribution in [2.24, 2.45) is 5.92 Å². The molecular weight excluding hydrogens is 556 g/mol. The van der Waals surface area contributed by atoms with Crippen molar-refractivity contribution in [3.63, 3.8) is 0 Å². The fourth-order valence-electron chi connectivity index (χ4n) is 5.36. The smallest absolute Gasteiger partial charge is 0.303 e. The van der Waals surface area contributed by atoms with Crippen LogP contribution in [0.3, 0.4) is 0 Å². The molecule has 3 aromatic rings. The fraction of sp³-hybridized carbons (Fsp3) is 0.414. The zero-order chi connectivity index (χ0) is 27.4. The maximum Gasteiger partial charge on any atom is 0.303 e. The third-order valence-corrected chi connectivity index (χ3v) is 7.90. The SMILES string of the molecule is CCC1CCCN(c2nc3ccc(Br)cc3c(C(=O)NCC(CCC(=O)O)c3c(F)cccc3F)c2C)C1. The Morgan fingerprint density at radius 2 is 1.97 bits per heavy atom. The number of piperidine rings is 1. The number of amides is 1. The van der Waals surface area contributed by atoms with Gasteiger partial charge in [-0.05, 0) is 62.4 Å². The van der Waals surface area contributed by atoms with E-state index in [0.717, 1.165) is 53.9 Å². The van der Waals surface area contributed by atoms with E-state index >= 15 is 0 Å². The second kappa shape index (κ2) is 12.2. The number of carboxylic acids is 1. The number of carboxylic acid groups (broad SMARTS) is 1. The molecular formula is C29H32BrF2N3O3. The first-order valence-electron chi connectivity index (χ1n) is 13.0. The number of anilines is 1. The lowest BCUT2D eigenvalue weighted by atomic mass is 9.92. The van der Waals surface area contributed by atoms with E-state index in [-0.39, 0.29) is 24.9 Å². The molecule has 1 aliphatic heterocycles. The van der Waals surface area contributed by atoms with Crippen molar-refractivity contribution < 1.29 is 23.5 Å². The second-order valence-corrected chi connectivity index (χ2v) is 10.8. The van der Waals surface area contributed by atoms with Gasteiger partial charge in [-0.25, -0.2) is 13.8 Å². The molecule has 2 atom stereocenters. The van der Waals surface area contributed by atoms with Crippen LogP contribution >= 0.6 is 15.9 Å². The standard InChI is InChI=1S/C29H32BrF2N3O3/c1-3-18-6-5-13-35(16-18)28-17(2)26(21-14-20(30)10-11-24(21)34-28)29(38)33-15-19(9-12-25(36)37)27-22(31)7-4-8-23(27)32/h4,7-8,10-11,14,18-19H,3,5-6,9,12-13,15-16H2,1-2H3,(H,33,38)(H,36,37). The molecule has 202 valence electrons. The van der Waals surface area contributed by atoms with Crippen LogP contribution in [0.15, 0.2) is 40.9 Å². The summed E-state index contributed by atoms with van der Waals surface area (Å²) in [6, 6.07) is 9.13. The number of carbonyl (C=O) groups excluding carboxylic acids is 1. The van der Waals surface area contributed by atoms with Gasteiger partial charge in [0, 0.05) is 53.0 Å². The van der Waals surface area contributed by atoms with Crippen molar-refractivity contribution >= 4 is 44.5 Å². The highest BCUT2D eigenvalue weighted by molar-refractivity contribution is 9.10. The first kappa shape index (κ1) is 28.0. The highest BCUT2D eigenvalue weighted by Crippen LogP contribution is 2.33. The molecule has 9 heteroatoms. The summed E-state index contributed by atoms with van der Waals surface area (Å²) in [6.07, 6.45) is 3.00. The number of hydrogen-bond acceptors (Lipinski definition) is 4. The van der Waals surface area contributed by atoms with E-state index in [9.17, 15) is 23.5 Å². The number of carbonyl (C=O) groups is 2.